The largest absolute Gasteiger partial charge is 0.496 e. The van der Waals surface area contributed by atoms with Crippen molar-refractivity contribution in [2.75, 3.05) is 19.4 Å². The number of ether oxygens (including phenoxy) is 1. The van der Waals surface area contributed by atoms with Crippen molar-refractivity contribution in [1.82, 2.24) is 10.2 Å². The van der Waals surface area contributed by atoms with Crippen LogP contribution >= 0.6 is 24.0 Å². The van der Waals surface area contributed by atoms with Crippen LogP contribution < -0.4 is 15.8 Å². The fourth-order valence-electron chi connectivity index (χ4n) is 3.05. The lowest BCUT2D eigenvalue weighted by Gasteiger charge is -2.15. The minimum absolute atomic E-state index is 0. The lowest BCUT2D eigenvalue weighted by atomic mass is 10.1. The molecule has 1 fully saturated rings. The molecule has 2 aromatic carbocycles. The molecule has 0 saturated carbocycles. The minimum Gasteiger partial charge on any atom is -0.496 e. The molecule has 1 heterocycles. The molecule has 3 rings (SSSR count). The summed E-state index contributed by atoms with van der Waals surface area (Å²) in [6.45, 7) is 1.82. The predicted octanol–water partition coefficient (Wildman–Crippen LogP) is 3.41. The van der Waals surface area contributed by atoms with Crippen molar-refractivity contribution in [3.63, 3.8) is 0 Å². The number of likely N-dealkylation sites (tertiary alicyclic amines) is 1. The molecule has 0 unspecified atom stereocenters. The van der Waals surface area contributed by atoms with Gasteiger partial charge < -0.3 is 20.7 Å². The van der Waals surface area contributed by atoms with Gasteiger partial charge in [0.1, 0.15) is 5.75 Å². The second-order valence-electron chi connectivity index (χ2n) is 6.49. The maximum absolute atomic E-state index is 12.5. The predicted molar refractivity (Wildman–Crippen MR) is 112 cm³/mol. The van der Waals surface area contributed by atoms with Crippen molar-refractivity contribution >= 4 is 41.5 Å². The highest BCUT2D eigenvalue weighted by molar-refractivity contribution is 6.33. The summed E-state index contributed by atoms with van der Waals surface area (Å²) in [6, 6.07) is 10.9. The lowest BCUT2D eigenvalue weighted by Crippen LogP contribution is -2.24. The van der Waals surface area contributed by atoms with E-state index in [1.165, 1.54) is 19.2 Å². The number of amides is 2. The van der Waals surface area contributed by atoms with Gasteiger partial charge in [-0.05, 0) is 23.6 Å². The summed E-state index contributed by atoms with van der Waals surface area (Å²) in [5.74, 6) is 0.294. The van der Waals surface area contributed by atoms with Crippen LogP contribution in [-0.4, -0.2) is 30.4 Å². The smallest absolute Gasteiger partial charge is 0.255 e. The Bertz CT molecular complexity index is 857. The highest BCUT2D eigenvalue weighted by Crippen LogP contribution is 2.28. The van der Waals surface area contributed by atoms with Gasteiger partial charge in [0.15, 0.2) is 0 Å². The van der Waals surface area contributed by atoms with Gasteiger partial charge in [-0.15, -0.1) is 12.4 Å². The second kappa shape index (κ2) is 9.66. The van der Waals surface area contributed by atoms with E-state index in [4.69, 9.17) is 22.1 Å². The molecule has 0 spiro atoms. The van der Waals surface area contributed by atoms with Crippen LogP contribution in [0.4, 0.5) is 5.69 Å². The maximum atomic E-state index is 12.5. The Kier molecular flexibility index (Phi) is 7.54. The van der Waals surface area contributed by atoms with Gasteiger partial charge in [-0.2, -0.15) is 0 Å². The molecule has 0 atom stereocenters. The van der Waals surface area contributed by atoms with Crippen molar-refractivity contribution in [3.05, 3.63) is 58.1 Å². The van der Waals surface area contributed by atoms with Crippen molar-refractivity contribution < 1.29 is 14.3 Å². The van der Waals surface area contributed by atoms with Crippen LogP contribution in [0.3, 0.4) is 0 Å². The van der Waals surface area contributed by atoms with Gasteiger partial charge in [-0.3, -0.25) is 9.59 Å². The Morgan fingerprint density at radius 3 is 2.54 bits per heavy atom. The summed E-state index contributed by atoms with van der Waals surface area (Å²) in [4.78, 5) is 26.0. The number of anilines is 1. The van der Waals surface area contributed by atoms with Crippen LogP contribution in [0.1, 0.15) is 34.3 Å². The number of nitrogen functional groups attached to an aromatic ring is 1. The van der Waals surface area contributed by atoms with E-state index < -0.39 is 0 Å². The van der Waals surface area contributed by atoms with Gasteiger partial charge >= 0.3 is 0 Å². The minimum atomic E-state index is -0.291. The zero-order valence-corrected chi connectivity index (χ0v) is 17.1. The van der Waals surface area contributed by atoms with Gasteiger partial charge in [0.2, 0.25) is 5.91 Å². The second-order valence-corrected chi connectivity index (χ2v) is 6.90. The summed E-state index contributed by atoms with van der Waals surface area (Å²) in [6.07, 6.45) is 1.57. The third kappa shape index (κ3) is 5.09. The summed E-state index contributed by atoms with van der Waals surface area (Å²) in [5.41, 5.74) is 8.47. The topological polar surface area (TPSA) is 84.7 Å². The van der Waals surface area contributed by atoms with Gasteiger partial charge in [-0.25, -0.2) is 0 Å². The average molecular weight is 424 g/mol. The number of halogens is 2. The van der Waals surface area contributed by atoms with Crippen molar-refractivity contribution in [2.45, 2.75) is 25.9 Å². The Balaban J connectivity index is 0.00000280. The van der Waals surface area contributed by atoms with Gasteiger partial charge in [-0.1, -0.05) is 35.9 Å². The van der Waals surface area contributed by atoms with Gasteiger partial charge in [0.25, 0.3) is 5.91 Å². The fraction of sp³-hybridized carbons (Fsp3) is 0.300. The van der Waals surface area contributed by atoms with Gasteiger partial charge in [0.05, 0.1) is 23.4 Å². The molecule has 150 valence electrons. The van der Waals surface area contributed by atoms with Crippen molar-refractivity contribution in [2.24, 2.45) is 0 Å². The molecule has 2 amide bonds. The molecule has 1 aliphatic heterocycles. The number of hydrogen-bond donors (Lipinski definition) is 2. The zero-order chi connectivity index (χ0) is 19.4. The first-order chi connectivity index (χ1) is 13.0. The highest BCUT2D eigenvalue weighted by atomic mass is 35.5. The van der Waals surface area contributed by atoms with E-state index in [-0.39, 0.29) is 24.2 Å². The van der Waals surface area contributed by atoms with Crippen molar-refractivity contribution in [3.8, 4) is 5.75 Å². The normalized spacial score (nSPS) is 13.2. The molecular formula is C20H23Cl2N3O3. The standard InChI is InChI=1S/C20H22ClN3O3.ClH/c1-27-18-10-17(22)16(21)9-15(18)20(26)23-11-13-4-6-14(7-5-13)12-24-8-2-3-19(24)25;/h4-7,9-10H,2-3,8,11-12,22H2,1H3,(H,23,26);1H. The average Bonchev–Trinajstić information content (AvgIpc) is 3.07. The number of carbonyl (C=O) groups excluding carboxylic acids is 2. The molecule has 1 saturated heterocycles. The number of nitrogens with zero attached hydrogens (tertiary/aromatic N) is 1. The third-order valence-electron chi connectivity index (χ3n) is 4.58. The zero-order valence-electron chi connectivity index (χ0n) is 15.5. The summed E-state index contributed by atoms with van der Waals surface area (Å²) in [7, 11) is 1.48. The van der Waals surface area contributed by atoms with Crippen LogP contribution in [0, 0.1) is 0 Å². The number of hydrogen-bond acceptors (Lipinski definition) is 4. The van der Waals surface area contributed by atoms with Crippen molar-refractivity contribution in [1.29, 1.82) is 0 Å². The van der Waals surface area contributed by atoms with Crippen LogP contribution in [0.2, 0.25) is 5.02 Å². The maximum Gasteiger partial charge on any atom is 0.255 e. The molecule has 8 heteroatoms. The Hall–Kier alpha value is -2.44. The van der Waals surface area contributed by atoms with E-state index in [2.05, 4.69) is 5.32 Å². The molecule has 3 N–H and O–H groups in total. The lowest BCUT2D eigenvalue weighted by molar-refractivity contribution is -0.128. The number of nitrogens with one attached hydrogen (secondary N) is 1. The van der Waals surface area contributed by atoms with Crippen LogP contribution in [0.5, 0.6) is 5.75 Å². The molecule has 0 bridgehead atoms. The first-order valence-corrected chi connectivity index (χ1v) is 9.12. The van der Waals surface area contributed by atoms with E-state index in [1.807, 2.05) is 29.2 Å². The summed E-state index contributed by atoms with van der Waals surface area (Å²) < 4.78 is 5.21. The number of nitrogens with two attached hydrogens (primary N) is 1. The molecule has 1 aliphatic rings. The monoisotopic (exact) mass is 423 g/mol. The Labute approximate surface area is 175 Å². The number of methoxy groups -OCH3 is 1. The molecule has 28 heavy (non-hydrogen) atoms. The van der Waals surface area contributed by atoms with E-state index in [0.717, 1.165) is 24.1 Å². The van der Waals surface area contributed by atoms with E-state index in [1.54, 1.807) is 0 Å². The van der Waals surface area contributed by atoms with Crippen LogP contribution in [0.15, 0.2) is 36.4 Å². The Morgan fingerprint density at radius 1 is 1.25 bits per heavy atom. The summed E-state index contributed by atoms with van der Waals surface area (Å²) in [5, 5.41) is 3.16. The highest BCUT2D eigenvalue weighted by Gasteiger charge is 2.20. The number of benzene rings is 2. The van der Waals surface area contributed by atoms with Gasteiger partial charge in [0, 0.05) is 32.1 Å². The molecule has 0 aromatic heterocycles. The SMILES string of the molecule is COc1cc(N)c(Cl)cc1C(=O)NCc1ccc(CN2CCCC2=O)cc1.Cl. The first kappa shape index (κ1) is 21.9. The number of carbonyl (C=O) groups is 2. The molecule has 6 nitrogen and oxygen atoms in total. The molecule has 0 radical (unpaired) electrons. The van der Waals surface area contributed by atoms with Crippen LogP contribution in [-0.2, 0) is 17.9 Å². The Morgan fingerprint density at radius 2 is 1.93 bits per heavy atom. The molecule has 2 aromatic rings. The van der Waals surface area contributed by atoms with E-state index in [9.17, 15) is 9.59 Å². The summed E-state index contributed by atoms with van der Waals surface area (Å²) >= 11 is 6.01. The molecular weight excluding hydrogens is 401 g/mol. The van der Waals surface area contributed by atoms with Crippen LogP contribution in [0.25, 0.3) is 0 Å². The quantitative estimate of drug-likeness (QED) is 0.697. The van der Waals surface area contributed by atoms with E-state index >= 15 is 0 Å². The molecule has 0 aliphatic carbocycles. The third-order valence-corrected chi connectivity index (χ3v) is 4.91. The number of rotatable bonds is 6. The first-order valence-electron chi connectivity index (χ1n) is 8.74. The van der Waals surface area contributed by atoms with E-state index in [0.29, 0.717) is 41.5 Å². The fourth-order valence-corrected chi connectivity index (χ4v) is 3.21.